The summed E-state index contributed by atoms with van der Waals surface area (Å²) in [6, 6.07) is 0.673. The van der Waals surface area contributed by atoms with Gasteiger partial charge in [-0.1, -0.05) is 13.8 Å². The van der Waals surface area contributed by atoms with Gasteiger partial charge in [0.1, 0.15) is 0 Å². The Morgan fingerprint density at radius 2 is 2.11 bits per heavy atom. The fraction of sp³-hybridized carbons (Fsp3) is 1.00. The van der Waals surface area contributed by atoms with Gasteiger partial charge in [0.25, 0.3) is 0 Å². The second-order valence-corrected chi connectivity index (χ2v) is 6.62. The van der Waals surface area contributed by atoms with Crippen LogP contribution in [0.4, 0.5) is 0 Å². The third-order valence-electron chi connectivity index (χ3n) is 5.19. The van der Waals surface area contributed by atoms with Gasteiger partial charge < -0.3 is 15.2 Å². The quantitative estimate of drug-likeness (QED) is 0.791. The van der Waals surface area contributed by atoms with Crippen LogP contribution in [0, 0.1) is 17.3 Å². The summed E-state index contributed by atoms with van der Waals surface area (Å²) in [7, 11) is 0. The van der Waals surface area contributed by atoms with Crippen LogP contribution in [-0.4, -0.2) is 37.5 Å². The first-order valence-corrected chi connectivity index (χ1v) is 7.57. The molecule has 2 fully saturated rings. The Morgan fingerprint density at radius 1 is 1.28 bits per heavy atom. The van der Waals surface area contributed by atoms with E-state index in [9.17, 15) is 5.11 Å². The van der Waals surface area contributed by atoms with E-state index in [1.54, 1.807) is 0 Å². The van der Waals surface area contributed by atoms with Crippen molar-refractivity contribution >= 4 is 0 Å². The van der Waals surface area contributed by atoms with Crippen molar-refractivity contribution in [3.05, 3.63) is 0 Å². The summed E-state index contributed by atoms with van der Waals surface area (Å²) in [6.07, 6.45) is 5.93. The zero-order valence-electron chi connectivity index (χ0n) is 12.0. The van der Waals surface area contributed by atoms with Crippen LogP contribution in [0.25, 0.3) is 0 Å². The van der Waals surface area contributed by atoms with Gasteiger partial charge in [-0.3, -0.25) is 0 Å². The van der Waals surface area contributed by atoms with Crippen molar-refractivity contribution < 1.29 is 9.84 Å². The minimum Gasteiger partial charge on any atom is -0.396 e. The molecule has 1 saturated heterocycles. The summed E-state index contributed by atoms with van der Waals surface area (Å²) in [4.78, 5) is 0. The molecular weight excluding hydrogens is 226 g/mol. The lowest BCUT2D eigenvalue weighted by Crippen LogP contribution is -2.43. The van der Waals surface area contributed by atoms with Gasteiger partial charge in [-0.25, -0.2) is 0 Å². The molecule has 0 amide bonds. The first-order chi connectivity index (χ1) is 8.65. The molecule has 0 aromatic carbocycles. The van der Waals surface area contributed by atoms with Gasteiger partial charge in [-0.15, -0.1) is 0 Å². The number of ether oxygens (including phenoxy) is 1. The van der Waals surface area contributed by atoms with Gasteiger partial charge in [-0.05, 0) is 43.9 Å². The lowest BCUT2D eigenvalue weighted by Gasteiger charge is -2.35. The van der Waals surface area contributed by atoms with Crippen molar-refractivity contribution in [3.63, 3.8) is 0 Å². The first-order valence-electron chi connectivity index (χ1n) is 7.57. The maximum atomic E-state index is 9.22. The molecule has 1 saturated carbocycles. The van der Waals surface area contributed by atoms with Crippen LogP contribution in [0.3, 0.4) is 0 Å². The molecule has 0 spiro atoms. The van der Waals surface area contributed by atoms with E-state index in [-0.39, 0.29) is 12.0 Å². The molecule has 2 aliphatic rings. The lowest BCUT2D eigenvalue weighted by atomic mass is 9.78. The smallest absolute Gasteiger partial charge is 0.0536 e. The molecule has 106 valence electrons. The molecule has 1 aliphatic heterocycles. The predicted octanol–water partition coefficient (Wildman–Crippen LogP) is 2.19. The molecule has 0 radical (unpaired) electrons. The van der Waals surface area contributed by atoms with Gasteiger partial charge in [-0.2, -0.15) is 0 Å². The van der Waals surface area contributed by atoms with E-state index in [0.717, 1.165) is 44.4 Å². The van der Waals surface area contributed by atoms with E-state index in [2.05, 4.69) is 19.2 Å². The number of hydrogen-bond donors (Lipinski definition) is 2. The van der Waals surface area contributed by atoms with Gasteiger partial charge in [0.15, 0.2) is 0 Å². The van der Waals surface area contributed by atoms with Crippen LogP contribution in [0.5, 0.6) is 0 Å². The maximum Gasteiger partial charge on any atom is 0.0536 e. The van der Waals surface area contributed by atoms with Gasteiger partial charge in [0.05, 0.1) is 6.61 Å². The third-order valence-corrected chi connectivity index (χ3v) is 5.19. The summed E-state index contributed by atoms with van der Waals surface area (Å²) in [5, 5.41) is 13.0. The van der Waals surface area contributed by atoms with Crippen molar-refractivity contribution in [2.75, 3.05) is 26.4 Å². The third kappa shape index (κ3) is 3.46. The Kier molecular flexibility index (Phi) is 5.05. The lowest BCUT2D eigenvalue weighted by molar-refractivity contribution is 0.116. The van der Waals surface area contributed by atoms with Crippen LogP contribution >= 0.6 is 0 Å². The minimum atomic E-state index is 0.195. The van der Waals surface area contributed by atoms with Crippen molar-refractivity contribution in [1.29, 1.82) is 0 Å². The molecule has 0 bridgehead atoms. The molecule has 4 atom stereocenters. The minimum absolute atomic E-state index is 0.195. The predicted molar refractivity (Wildman–Crippen MR) is 73.5 cm³/mol. The SMILES string of the molecule is C[C@@H]1CC[C@H](NC[C@@]2(CCO)CCOC2)C[C@@H]1C. The first kappa shape index (κ1) is 14.3. The zero-order chi connectivity index (χ0) is 13.0. The summed E-state index contributed by atoms with van der Waals surface area (Å²) in [6.45, 7) is 7.72. The molecule has 2 N–H and O–H groups in total. The molecule has 0 aromatic heterocycles. The largest absolute Gasteiger partial charge is 0.396 e. The monoisotopic (exact) mass is 255 g/mol. The second kappa shape index (κ2) is 6.36. The Bertz CT molecular complexity index is 251. The van der Waals surface area contributed by atoms with E-state index in [1.165, 1.54) is 19.3 Å². The normalized spacial score (nSPS) is 41.2. The number of rotatable bonds is 5. The van der Waals surface area contributed by atoms with E-state index < -0.39 is 0 Å². The molecule has 1 heterocycles. The van der Waals surface area contributed by atoms with Crippen LogP contribution < -0.4 is 5.32 Å². The zero-order valence-corrected chi connectivity index (χ0v) is 12.0. The van der Waals surface area contributed by atoms with Crippen molar-refractivity contribution in [2.24, 2.45) is 17.3 Å². The van der Waals surface area contributed by atoms with E-state index in [0.29, 0.717) is 6.04 Å². The number of hydrogen-bond acceptors (Lipinski definition) is 3. The molecular formula is C15H29NO2. The fourth-order valence-corrected chi connectivity index (χ4v) is 3.41. The van der Waals surface area contributed by atoms with Gasteiger partial charge in [0.2, 0.25) is 0 Å². The number of nitrogens with one attached hydrogen (secondary N) is 1. The summed E-state index contributed by atoms with van der Waals surface area (Å²) in [5.41, 5.74) is 0.195. The molecule has 3 heteroatoms. The number of aliphatic hydroxyl groups is 1. The standard InChI is InChI=1S/C15H29NO2/c1-12-3-4-14(9-13(12)2)16-10-15(5-7-17)6-8-18-11-15/h12-14,16-17H,3-11H2,1-2H3/t12-,13+,14+,15-/m1/s1. The fourth-order valence-electron chi connectivity index (χ4n) is 3.41. The molecule has 0 unspecified atom stereocenters. The van der Waals surface area contributed by atoms with Crippen LogP contribution in [0.15, 0.2) is 0 Å². The molecule has 18 heavy (non-hydrogen) atoms. The Balaban J connectivity index is 1.79. The summed E-state index contributed by atoms with van der Waals surface area (Å²) >= 11 is 0. The maximum absolute atomic E-state index is 9.22. The average molecular weight is 255 g/mol. The topological polar surface area (TPSA) is 41.5 Å². The van der Waals surface area contributed by atoms with Crippen LogP contribution in [0.2, 0.25) is 0 Å². The van der Waals surface area contributed by atoms with Crippen LogP contribution in [-0.2, 0) is 4.74 Å². The highest BCUT2D eigenvalue weighted by molar-refractivity contribution is 4.88. The van der Waals surface area contributed by atoms with Crippen molar-refractivity contribution in [3.8, 4) is 0 Å². The van der Waals surface area contributed by atoms with Crippen LogP contribution in [0.1, 0.15) is 46.0 Å². The Labute approximate surface area is 111 Å². The highest BCUT2D eigenvalue weighted by Crippen LogP contribution is 2.33. The van der Waals surface area contributed by atoms with Gasteiger partial charge in [0, 0.05) is 31.2 Å². The second-order valence-electron chi connectivity index (χ2n) is 6.62. The highest BCUT2D eigenvalue weighted by Gasteiger charge is 2.35. The molecule has 0 aromatic rings. The average Bonchev–Trinajstić information content (AvgIpc) is 2.80. The summed E-state index contributed by atoms with van der Waals surface area (Å²) < 4.78 is 5.54. The molecule has 2 rings (SSSR count). The van der Waals surface area contributed by atoms with Crippen molar-refractivity contribution in [2.45, 2.75) is 52.0 Å². The van der Waals surface area contributed by atoms with Crippen molar-refractivity contribution in [1.82, 2.24) is 5.32 Å². The molecule has 1 aliphatic carbocycles. The Hall–Kier alpha value is -0.120. The van der Waals surface area contributed by atoms with E-state index >= 15 is 0 Å². The number of aliphatic hydroxyl groups excluding tert-OH is 1. The van der Waals surface area contributed by atoms with E-state index in [1.807, 2.05) is 0 Å². The highest BCUT2D eigenvalue weighted by atomic mass is 16.5. The molecule has 3 nitrogen and oxygen atoms in total. The van der Waals surface area contributed by atoms with E-state index in [4.69, 9.17) is 4.74 Å². The Morgan fingerprint density at radius 3 is 2.72 bits per heavy atom. The summed E-state index contributed by atoms with van der Waals surface area (Å²) in [5.74, 6) is 1.72. The van der Waals surface area contributed by atoms with Gasteiger partial charge >= 0.3 is 0 Å².